The van der Waals surface area contributed by atoms with Crippen molar-refractivity contribution in [1.82, 2.24) is 0 Å². The van der Waals surface area contributed by atoms with Crippen LogP contribution in [0.1, 0.15) is 46.0 Å². The molecule has 0 aromatic carbocycles. The molecule has 0 saturated carbocycles. The molecule has 1 saturated heterocycles. The Balaban J connectivity index is 2.40. The van der Waals surface area contributed by atoms with E-state index < -0.39 is 18.2 Å². The highest BCUT2D eigenvalue weighted by Crippen LogP contribution is 2.48. The minimum Gasteiger partial charge on any atom is -0.391 e. The van der Waals surface area contributed by atoms with Gasteiger partial charge in [0.25, 0.3) is 0 Å². The summed E-state index contributed by atoms with van der Waals surface area (Å²) in [5, 5.41) is 28.1. The fraction of sp³-hybridized carbons (Fsp3) is 1.00. The van der Waals surface area contributed by atoms with Crippen molar-refractivity contribution in [2.24, 2.45) is 5.92 Å². The second-order valence-electron chi connectivity index (χ2n) is 4.45. The van der Waals surface area contributed by atoms with Crippen LogP contribution in [0.15, 0.2) is 0 Å². The Kier molecular flexibility index (Phi) is 4.12. The second kappa shape index (κ2) is 4.78. The first-order valence-electron chi connectivity index (χ1n) is 5.77. The van der Waals surface area contributed by atoms with E-state index in [-0.39, 0.29) is 0 Å². The number of ether oxygens (including phenoxy) is 1. The van der Waals surface area contributed by atoms with E-state index in [1.54, 1.807) is 0 Å². The summed E-state index contributed by atoms with van der Waals surface area (Å²) in [5.41, 5.74) is 0. The Bertz CT molecular complexity index is 209. The fourth-order valence-electron chi connectivity index (χ4n) is 1.95. The minimum atomic E-state index is -1.72. The predicted octanol–water partition coefficient (Wildman–Crippen LogP) is 0.993. The Morgan fingerprint density at radius 1 is 1.20 bits per heavy atom. The standard InChI is InChI=1S/C11H22O4/c1-3-5-6-9(4-2)7-10(13)11(14,8-12)15-10/h9,12-14H,3-8H2,1-2H3. The first kappa shape index (κ1) is 12.9. The zero-order valence-electron chi connectivity index (χ0n) is 9.57. The van der Waals surface area contributed by atoms with Crippen LogP contribution >= 0.6 is 0 Å². The maximum Gasteiger partial charge on any atom is 0.247 e. The van der Waals surface area contributed by atoms with Crippen LogP contribution < -0.4 is 0 Å². The molecule has 0 spiro atoms. The van der Waals surface area contributed by atoms with Crippen LogP contribution in [0.5, 0.6) is 0 Å². The molecule has 15 heavy (non-hydrogen) atoms. The summed E-state index contributed by atoms with van der Waals surface area (Å²) in [5.74, 6) is -2.89. The molecule has 0 radical (unpaired) electrons. The maximum absolute atomic E-state index is 9.82. The number of rotatable bonds is 7. The molecule has 1 aliphatic rings. The van der Waals surface area contributed by atoms with Crippen LogP contribution in [0.3, 0.4) is 0 Å². The van der Waals surface area contributed by atoms with Gasteiger partial charge in [0.05, 0.1) is 0 Å². The summed E-state index contributed by atoms with van der Waals surface area (Å²) in [7, 11) is 0. The van der Waals surface area contributed by atoms with Gasteiger partial charge in [-0.2, -0.15) is 0 Å². The number of hydrogen-bond donors (Lipinski definition) is 3. The lowest BCUT2D eigenvalue weighted by atomic mass is 9.91. The highest BCUT2D eigenvalue weighted by molar-refractivity contribution is 5.00. The molecule has 3 N–H and O–H groups in total. The quantitative estimate of drug-likeness (QED) is 0.557. The molecule has 3 atom stereocenters. The molecule has 0 aliphatic carbocycles. The van der Waals surface area contributed by atoms with Crippen molar-refractivity contribution < 1.29 is 20.1 Å². The Labute approximate surface area is 90.9 Å². The number of aliphatic hydroxyl groups is 3. The highest BCUT2D eigenvalue weighted by Gasteiger charge is 2.69. The summed E-state index contributed by atoms with van der Waals surface area (Å²) in [6.45, 7) is 3.64. The van der Waals surface area contributed by atoms with E-state index in [0.717, 1.165) is 25.7 Å². The summed E-state index contributed by atoms with van der Waals surface area (Å²) in [4.78, 5) is 0. The van der Waals surface area contributed by atoms with Gasteiger partial charge in [0.1, 0.15) is 6.61 Å². The van der Waals surface area contributed by atoms with Crippen molar-refractivity contribution >= 4 is 0 Å². The predicted molar refractivity (Wildman–Crippen MR) is 56.0 cm³/mol. The molecule has 0 aromatic heterocycles. The molecular weight excluding hydrogens is 196 g/mol. The molecule has 1 fully saturated rings. The third-order valence-corrected chi connectivity index (χ3v) is 3.23. The lowest BCUT2D eigenvalue weighted by molar-refractivity contribution is -0.0282. The number of unbranched alkanes of at least 4 members (excludes halogenated alkanes) is 1. The average molecular weight is 218 g/mol. The molecule has 1 heterocycles. The van der Waals surface area contributed by atoms with Gasteiger partial charge in [0.2, 0.25) is 11.6 Å². The Hall–Kier alpha value is -0.160. The van der Waals surface area contributed by atoms with Gasteiger partial charge in [-0.15, -0.1) is 0 Å². The third-order valence-electron chi connectivity index (χ3n) is 3.23. The first-order chi connectivity index (χ1) is 7.01. The SMILES string of the molecule is CCCCC(CC)CC1(O)OC1(O)CO. The van der Waals surface area contributed by atoms with E-state index in [0.29, 0.717) is 12.3 Å². The van der Waals surface area contributed by atoms with Gasteiger partial charge in [-0.25, -0.2) is 0 Å². The van der Waals surface area contributed by atoms with E-state index in [2.05, 4.69) is 13.8 Å². The normalized spacial score (nSPS) is 36.6. The molecule has 0 amide bonds. The van der Waals surface area contributed by atoms with Crippen molar-refractivity contribution in [1.29, 1.82) is 0 Å². The number of aliphatic hydroxyl groups excluding tert-OH is 1. The van der Waals surface area contributed by atoms with E-state index in [4.69, 9.17) is 9.84 Å². The average Bonchev–Trinajstić information content (AvgIpc) is 2.77. The van der Waals surface area contributed by atoms with E-state index in [1.165, 1.54) is 0 Å². The van der Waals surface area contributed by atoms with Crippen molar-refractivity contribution in [3.8, 4) is 0 Å². The van der Waals surface area contributed by atoms with Crippen molar-refractivity contribution in [3.05, 3.63) is 0 Å². The van der Waals surface area contributed by atoms with Gasteiger partial charge in [-0.3, -0.25) is 0 Å². The number of hydrogen-bond acceptors (Lipinski definition) is 4. The first-order valence-corrected chi connectivity index (χ1v) is 5.77. The maximum atomic E-state index is 9.82. The molecule has 4 heteroatoms. The minimum absolute atomic E-state index is 0.343. The zero-order chi connectivity index (χ0) is 11.5. The monoisotopic (exact) mass is 218 g/mol. The summed E-state index contributed by atoms with van der Waals surface area (Å²) in [6, 6.07) is 0. The second-order valence-corrected chi connectivity index (χ2v) is 4.45. The molecule has 4 nitrogen and oxygen atoms in total. The molecule has 0 aromatic rings. The van der Waals surface area contributed by atoms with Gasteiger partial charge in [0, 0.05) is 6.42 Å². The molecule has 3 unspecified atom stereocenters. The molecule has 0 bridgehead atoms. The Morgan fingerprint density at radius 2 is 1.87 bits per heavy atom. The summed E-state index contributed by atoms with van der Waals surface area (Å²) < 4.78 is 4.81. The molecule has 1 aliphatic heterocycles. The van der Waals surface area contributed by atoms with Crippen LogP contribution in [-0.2, 0) is 4.74 Å². The van der Waals surface area contributed by atoms with Crippen LogP contribution in [0.25, 0.3) is 0 Å². The van der Waals surface area contributed by atoms with Gasteiger partial charge < -0.3 is 20.1 Å². The third kappa shape index (κ3) is 2.69. The highest BCUT2D eigenvalue weighted by atomic mass is 16.8. The van der Waals surface area contributed by atoms with Gasteiger partial charge in [-0.1, -0.05) is 39.5 Å². The van der Waals surface area contributed by atoms with E-state index in [9.17, 15) is 10.2 Å². The largest absolute Gasteiger partial charge is 0.391 e. The smallest absolute Gasteiger partial charge is 0.247 e. The van der Waals surface area contributed by atoms with Crippen molar-refractivity contribution in [2.75, 3.05) is 6.61 Å². The van der Waals surface area contributed by atoms with Gasteiger partial charge in [-0.05, 0) is 5.92 Å². The van der Waals surface area contributed by atoms with E-state index >= 15 is 0 Å². The lowest BCUT2D eigenvalue weighted by Gasteiger charge is -2.17. The van der Waals surface area contributed by atoms with Gasteiger partial charge in [0.15, 0.2) is 0 Å². The van der Waals surface area contributed by atoms with Gasteiger partial charge >= 0.3 is 0 Å². The van der Waals surface area contributed by atoms with Crippen LogP contribution in [-0.4, -0.2) is 33.5 Å². The molecule has 90 valence electrons. The Morgan fingerprint density at radius 3 is 2.27 bits per heavy atom. The number of epoxide rings is 1. The van der Waals surface area contributed by atoms with E-state index in [1.807, 2.05) is 0 Å². The summed E-state index contributed by atoms with van der Waals surface area (Å²) >= 11 is 0. The topological polar surface area (TPSA) is 73.2 Å². The summed E-state index contributed by atoms with van der Waals surface area (Å²) in [6.07, 6.45) is 4.63. The molecular formula is C11H22O4. The fourth-order valence-corrected chi connectivity index (χ4v) is 1.95. The van der Waals surface area contributed by atoms with Crippen molar-refractivity contribution in [3.63, 3.8) is 0 Å². The van der Waals surface area contributed by atoms with Crippen LogP contribution in [0.2, 0.25) is 0 Å². The zero-order valence-corrected chi connectivity index (χ0v) is 9.57. The molecule has 1 rings (SSSR count). The van der Waals surface area contributed by atoms with Crippen LogP contribution in [0.4, 0.5) is 0 Å². The lowest BCUT2D eigenvalue weighted by Crippen LogP contribution is -2.31. The van der Waals surface area contributed by atoms with Crippen LogP contribution in [0, 0.1) is 5.92 Å². The van der Waals surface area contributed by atoms with Crippen molar-refractivity contribution in [2.45, 2.75) is 57.5 Å².